The molecule has 29 heavy (non-hydrogen) atoms. The lowest BCUT2D eigenvalue weighted by molar-refractivity contribution is 0.306. The summed E-state index contributed by atoms with van der Waals surface area (Å²) in [7, 11) is 1.77. The number of phenolic OH excluding ortho intramolecular Hbond substituents is 1. The number of halogens is 2. The molecule has 0 aliphatic heterocycles. The van der Waals surface area contributed by atoms with Crippen molar-refractivity contribution < 1.29 is 18.3 Å². The summed E-state index contributed by atoms with van der Waals surface area (Å²) in [5.41, 5.74) is 0.189. The second-order valence-electron chi connectivity index (χ2n) is 7.09. The van der Waals surface area contributed by atoms with Crippen LogP contribution in [-0.4, -0.2) is 34.6 Å². The maximum atomic E-state index is 14.6. The number of hydrogen-bond acceptors (Lipinski definition) is 6. The summed E-state index contributed by atoms with van der Waals surface area (Å²) in [5, 5.41) is 18.6. The summed E-state index contributed by atoms with van der Waals surface area (Å²) in [6.45, 7) is 0. The van der Waals surface area contributed by atoms with Gasteiger partial charge < -0.3 is 14.4 Å². The van der Waals surface area contributed by atoms with Crippen molar-refractivity contribution in [3.05, 3.63) is 58.9 Å². The highest BCUT2D eigenvalue weighted by atomic mass is 19.1. The van der Waals surface area contributed by atoms with E-state index < -0.39 is 17.6 Å². The molecule has 1 aliphatic rings. The van der Waals surface area contributed by atoms with Gasteiger partial charge in [-0.05, 0) is 55.2 Å². The second-order valence-corrected chi connectivity index (χ2v) is 7.09. The summed E-state index contributed by atoms with van der Waals surface area (Å²) < 4.78 is 33.3. The minimum Gasteiger partial charge on any atom is -0.507 e. The molecule has 0 saturated heterocycles. The van der Waals surface area contributed by atoms with Gasteiger partial charge in [-0.3, -0.25) is 0 Å². The molecule has 3 aromatic rings. The third kappa shape index (κ3) is 3.70. The molecule has 0 unspecified atom stereocenters. The van der Waals surface area contributed by atoms with Gasteiger partial charge in [0.05, 0.1) is 18.0 Å². The van der Waals surface area contributed by atoms with Crippen LogP contribution in [0.3, 0.4) is 0 Å². The van der Waals surface area contributed by atoms with E-state index in [4.69, 9.17) is 0 Å². The number of rotatable bonds is 4. The van der Waals surface area contributed by atoms with Crippen LogP contribution in [0, 0.1) is 5.82 Å². The summed E-state index contributed by atoms with van der Waals surface area (Å²) in [5.74, 6) is -0.321. The highest BCUT2D eigenvalue weighted by molar-refractivity contribution is 5.74. The smallest absolute Gasteiger partial charge is 0.336 e. The number of hydrogen-bond donors (Lipinski definition) is 1. The quantitative estimate of drug-likeness (QED) is 0.716. The average molecular weight is 399 g/mol. The number of benzene rings is 1. The predicted molar refractivity (Wildman–Crippen MR) is 104 cm³/mol. The van der Waals surface area contributed by atoms with Crippen LogP contribution in [0.5, 0.6) is 5.75 Å². The molecule has 0 spiro atoms. The van der Waals surface area contributed by atoms with E-state index in [1.165, 1.54) is 12.1 Å². The lowest BCUT2D eigenvalue weighted by Gasteiger charge is -2.26. The highest BCUT2D eigenvalue weighted by Crippen LogP contribution is 2.35. The lowest BCUT2D eigenvalue weighted by Crippen LogP contribution is -2.36. The number of aromatic hydroxyl groups is 1. The van der Waals surface area contributed by atoms with E-state index in [1.54, 1.807) is 24.1 Å². The van der Waals surface area contributed by atoms with E-state index in [0.29, 0.717) is 17.8 Å². The van der Waals surface area contributed by atoms with Crippen molar-refractivity contribution in [2.24, 2.45) is 0 Å². The minimum absolute atomic E-state index is 0.0682. The van der Waals surface area contributed by atoms with Crippen LogP contribution in [0.1, 0.15) is 19.3 Å². The fourth-order valence-corrected chi connectivity index (χ4v) is 3.70. The zero-order valence-corrected chi connectivity index (χ0v) is 15.7. The molecule has 0 amide bonds. The monoisotopic (exact) mass is 399 g/mol. The van der Waals surface area contributed by atoms with Crippen molar-refractivity contribution in [3.63, 3.8) is 0 Å². The first-order valence-electron chi connectivity index (χ1n) is 9.27. The molecule has 150 valence electrons. The normalized spacial score (nSPS) is 18.7. The van der Waals surface area contributed by atoms with Crippen molar-refractivity contribution in [2.75, 3.05) is 11.9 Å². The summed E-state index contributed by atoms with van der Waals surface area (Å²) in [6, 6.07) is 7.99. The Balaban J connectivity index is 1.63. The molecular formula is C21H19F2N3O3. The summed E-state index contributed by atoms with van der Waals surface area (Å²) in [6.07, 6.45) is 2.41. The van der Waals surface area contributed by atoms with Crippen LogP contribution < -0.4 is 10.5 Å². The van der Waals surface area contributed by atoms with Crippen molar-refractivity contribution in [2.45, 2.75) is 31.5 Å². The Kier molecular flexibility index (Phi) is 5.00. The first-order valence-corrected chi connectivity index (χ1v) is 9.27. The van der Waals surface area contributed by atoms with Crippen molar-refractivity contribution in [1.29, 1.82) is 0 Å². The highest BCUT2D eigenvalue weighted by Gasteiger charge is 2.31. The molecule has 0 radical (unpaired) electrons. The van der Waals surface area contributed by atoms with Crippen molar-refractivity contribution >= 4 is 5.82 Å². The van der Waals surface area contributed by atoms with Crippen LogP contribution in [-0.2, 0) is 0 Å². The molecule has 1 N–H and O–H groups in total. The molecule has 1 aromatic carbocycles. The van der Waals surface area contributed by atoms with Crippen LogP contribution >= 0.6 is 0 Å². The van der Waals surface area contributed by atoms with Crippen LogP contribution in [0.15, 0.2) is 51.9 Å². The zero-order valence-electron chi connectivity index (χ0n) is 15.7. The van der Waals surface area contributed by atoms with Gasteiger partial charge in [-0.15, -0.1) is 10.2 Å². The second kappa shape index (κ2) is 7.62. The van der Waals surface area contributed by atoms with Crippen molar-refractivity contribution in [1.82, 2.24) is 10.2 Å². The molecule has 1 fully saturated rings. The predicted octanol–water partition coefficient (Wildman–Crippen LogP) is 3.94. The fourth-order valence-electron chi connectivity index (χ4n) is 3.70. The number of phenols is 1. The Labute approximate surface area is 165 Å². The van der Waals surface area contributed by atoms with Gasteiger partial charge >= 0.3 is 5.63 Å². The Morgan fingerprint density at radius 3 is 2.62 bits per heavy atom. The van der Waals surface area contributed by atoms with Gasteiger partial charge in [0, 0.05) is 24.2 Å². The van der Waals surface area contributed by atoms with Gasteiger partial charge in [0.25, 0.3) is 0 Å². The summed E-state index contributed by atoms with van der Waals surface area (Å²) in [4.78, 5) is 13.1. The molecule has 8 heteroatoms. The SMILES string of the molecule is CN(c1ccc(-c2cc(F)c(-c3ccoc(=O)c3)cc2O)nn1)[C@@H]1CCC[C@@H]1F. The molecule has 1 aliphatic carbocycles. The van der Waals surface area contributed by atoms with E-state index in [2.05, 4.69) is 14.6 Å². The largest absolute Gasteiger partial charge is 0.507 e. The summed E-state index contributed by atoms with van der Waals surface area (Å²) >= 11 is 0. The van der Waals surface area contributed by atoms with E-state index >= 15 is 0 Å². The number of aromatic nitrogens is 2. The molecular weight excluding hydrogens is 380 g/mol. The van der Waals surface area contributed by atoms with Gasteiger partial charge in [-0.25, -0.2) is 13.6 Å². The van der Waals surface area contributed by atoms with Crippen LogP contribution in [0.4, 0.5) is 14.6 Å². The van der Waals surface area contributed by atoms with E-state index in [-0.39, 0.29) is 28.6 Å². The minimum atomic E-state index is -0.896. The standard InChI is InChI=1S/C21H19F2N3O3/c1-26(18-4-2-3-15(18)22)20-6-5-17(24-25-20)14-10-16(23)13(11-19(14)27)12-7-8-29-21(28)9-12/h5-11,15,18,27H,2-4H2,1H3/t15-,18+/m0/s1. The van der Waals surface area contributed by atoms with Crippen molar-refractivity contribution in [3.8, 4) is 28.1 Å². The first-order chi connectivity index (χ1) is 13.9. The average Bonchev–Trinajstić information content (AvgIpc) is 3.15. The Morgan fingerprint density at radius 2 is 1.97 bits per heavy atom. The Hall–Kier alpha value is -3.29. The van der Waals surface area contributed by atoms with Gasteiger partial charge in [0.2, 0.25) is 0 Å². The fraction of sp³-hybridized carbons (Fsp3) is 0.286. The molecule has 2 heterocycles. The van der Waals surface area contributed by atoms with Gasteiger partial charge in [0.1, 0.15) is 17.7 Å². The van der Waals surface area contributed by atoms with E-state index in [1.807, 2.05) is 0 Å². The van der Waals surface area contributed by atoms with Gasteiger partial charge in [-0.1, -0.05) is 0 Å². The molecule has 2 aromatic heterocycles. The molecule has 2 atom stereocenters. The molecule has 1 saturated carbocycles. The number of alkyl halides is 1. The Bertz CT molecular complexity index is 1090. The first kappa shape index (κ1) is 19.0. The van der Waals surface area contributed by atoms with Crippen LogP contribution in [0.25, 0.3) is 22.4 Å². The number of nitrogens with zero attached hydrogens (tertiary/aromatic N) is 3. The maximum absolute atomic E-state index is 14.6. The molecule has 4 rings (SSSR count). The third-order valence-corrected chi connectivity index (χ3v) is 5.28. The topological polar surface area (TPSA) is 79.5 Å². The van der Waals surface area contributed by atoms with E-state index in [0.717, 1.165) is 31.2 Å². The third-order valence-electron chi connectivity index (χ3n) is 5.28. The lowest BCUT2D eigenvalue weighted by atomic mass is 10.0. The maximum Gasteiger partial charge on any atom is 0.336 e. The molecule has 6 nitrogen and oxygen atoms in total. The van der Waals surface area contributed by atoms with Gasteiger partial charge in [0.15, 0.2) is 5.82 Å². The molecule has 0 bridgehead atoms. The Morgan fingerprint density at radius 1 is 1.14 bits per heavy atom. The van der Waals surface area contributed by atoms with Gasteiger partial charge in [-0.2, -0.15) is 0 Å². The van der Waals surface area contributed by atoms with Crippen LogP contribution in [0.2, 0.25) is 0 Å². The number of anilines is 1. The zero-order chi connectivity index (χ0) is 20.5. The van der Waals surface area contributed by atoms with E-state index in [9.17, 15) is 18.7 Å².